The predicted octanol–water partition coefficient (Wildman–Crippen LogP) is 3.33. The van der Waals surface area contributed by atoms with E-state index in [-0.39, 0.29) is 11.1 Å². The van der Waals surface area contributed by atoms with Crippen LogP contribution in [0.2, 0.25) is 5.04 Å². The lowest BCUT2D eigenvalue weighted by atomic mass is 10.2. The second-order valence-corrected chi connectivity index (χ2v) is 12.2. The van der Waals surface area contributed by atoms with Gasteiger partial charge in [0.1, 0.15) is 0 Å². The molecule has 1 aliphatic rings. The number of aliphatic hydroxyl groups excluding tert-OH is 1. The summed E-state index contributed by atoms with van der Waals surface area (Å²) >= 11 is 0. The maximum absolute atomic E-state index is 10.4. The van der Waals surface area contributed by atoms with Crippen LogP contribution in [-0.4, -0.2) is 26.1 Å². The van der Waals surface area contributed by atoms with E-state index in [1.807, 2.05) is 0 Å². The van der Waals surface area contributed by atoms with Crippen molar-refractivity contribution in [2.45, 2.75) is 44.8 Å². The van der Waals surface area contributed by atoms with E-state index in [2.05, 4.69) is 81.4 Å². The lowest BCUT2D eigenvalue weighted by Crippen LogP contribution is -2.67. The average Bonchev–Trinajstić information content (AvgIpc) is 3.41. The molecule has 0 aliphatic heterocycles. The molecule has 3 rings (SSSR count). The Labute approximate surface area is 146 Å². The van der Waals surface area contributed by atoms with E-state index in [1.54, 1.807) is 0 Å². The third-order valence-electron chi connectivity index (χ3n) is 5.05. The van der Waals surface area contributed by atoms with Gasteiger partial charge in [-0.05, 0) is 34.2 Å². The van der Waals surface area contributed by atoms with Crippen molar-refractivity contribution in [1.29, 1.82) is 0 Å². The van der Waals surface area contributed by atoms with Crippen molar-refractivity contribution >= 4 is 18.7 Å². The van der Waals surface area contributed by atoms with Crippen LogP contribution in [0.4, 0.5) is 0 Å². The maximum atomic E-state index is 10.4. The summed E-state index contributed by atoms with van der Waals surface area (Å²) in [5, 5.41) is 12.9. The summed E-state index contributed by atoms with van der Waals surface area (Å²) in [5.74, 6) is 0.434. The second kappa shape index (κ2) is 6.83. The van der Waals surface area contributed by atoms with Gasteiger partial charge in [0.05, 0.1) is 12.7 Å². The van der Waals surface area contributed by atoms with Crippen molar-refractivity contribution in [2.75, 3.05) is 6.61 Å². The molecule has 24 heavy (non-hydrogen) atoms. The van der Waals surface area contributed by atoms with Crippen LogP contribution in [0.5, 0.6) is 0 Å². The van der Waals surface area contributed by atoms with E-state index in [4.69, 9.17) is 4.43 Å². The molecule has 1 atom stereocenters. The Balaban J connectivity index is 2.06. The molecule has 0 spiro atoms. The Hall–Kier alpha value is -1.42. The zero-order valence-electron chi connectivity index (χ0n) is 14.9. The highest BCUT2D eigenvalue weighted by Gasteiger charge is 2.50. The smallest absolute Gasteiger partial charge is 0.261 e. The fourth-order valence-corrected chi connectivity index (χ4v) is 8.17. The Morgan fingerprint density at radius 1 is 0.958 bits per heavy atom. The second-order valence-electron chi connectivity index (χ2n) is 7.88. The molecule has 0 bridgehead atoms. The monoisotopic (exact) mass is 340 g/mol. The summed E-state index contributed by atoms with van der Waals surface area (Å²) in [7, 11) is -2.49. The zero-order valence-corrected chi connectivity index (χ0v) is 15.9. The normalized spacial score (nSPS) is 16.8. The molecular weight excluding hydrogens is 312 g/mol. The molecule has 0 heterocycles. The van der Waals surface area contributed by atoms with Crippen LogP contribution in [0.25, 0.3) is 0 Å². The number of hydrogen-bond acceptors (Lipinski definition) is 2. The first-order valence-electron chi connectivity index (χ1n) is 8.88. The van der Waals surface area contributed by atoms with E-state index in [0.29, 0.717) is 12.5 Å². The van der Waals surface area contributed by atoms with E-state index in [0.717, 1.165) is 12.8 Å². The minimum atomic E-state index is -2.49. The first-order chi connectivity index (χ1) is 11.4. The fraction of sp³-hybridized carbons (Fsp3) is 0.429. The fourth-order valence-electron chi connectivity index (χ4n) is 3.59. The van der Waals surface area contributed by atoms with Gasteiger partial charge in [-0.15, -0.1) is 0 Å². The van der Waals surface area contributed by atoms with Gasteiger partial charge in [-0.1, -0.05) is 81.4 Å². The van der Waals surface area contributed by atoms with E-state index < -0.39 is 8.32 Å². The number of benzene rings is 2. The minimum Gasteiger partial charge on any atom is -0.405 e. The molecule has 2 nitrogen and oxygen atoms in total. The van der Waals surface area contributed by atoms with Gasteiger partial charge in [0, 0.05) is 0 Å². The van der Waals surface area contributed by atoms with Gasteiger partial charge in [0.2, 0.25) is 0 Å². The molecule has 1 unspecified atom stereocenters. The third-order valence-corrected chi connectivity index (χ3v) is 10.1. The van der Waals surface area contributed by atoms with Crippen LogP contribution in [0, 0.1) is 5.92 Å². The molecule has 1 N–H and O–H groups in total. The summed E-state index contributed by atoms with van der Waals surface area (Å²) in [5.41, 5.74) is 0. The van der Waals surface area contributed by atoms with Gasteiger partial charge >= 0.3 is 0 Å². The van der Waals surface area contributed by atoms with Crippen LogP contribution in [0.15, 0.2) is 60.7 Å². The van der Waals surface area contributed by atoms with Crippen molar-refractivity contribution in [3.63, 3.8) is 0 Å². The molecule has 0 amide bonds. The van der Waals surface area contributed by atoms with Gasteiger partial charge in [0.25, 0.3) is 8.32 Å². The summed E-state index contributed by atoms with van der Waals surface area (Å²) in [6.07, 6.45) is 1.92. The summed E-state index contributed by atoms with van der Waals surface area (Å²) in [4.78, 5) is 0. The quantitative estimate of drug-likeness (QED) is 0.817. The van der Waals surface area contributed by atoms with Crippen LogP contribution in [-0.2, 0) is 4.43 Å². The van der Waals surface area contributed by atoms with Crippen molar-refractivity contribution < 1.29 is 9.53 Å². The molecule has 2 aromatic carbocycles. The van der Waals surface area contributed by atoms with Crippen molar-refractivity contribution in [3.8, 4) is 0 Å². The Morgan fingerprint density at radius 2 is 1.42 bits per heavy atom. The first-order valence-corrected chi connectivity index (χ1v) is 10.8. The molecule has 3 heteroatoms. The van der Waals surface area contributed by atoms with Gasteiger partial charge in [-0.25, -0.2) is 0 Å². The molecule has 0 radical (unpaired) electrons. The van der Waals surface area contributed by atoms with Crippen molar-refractivity contribution in [2.24, 2.45) is 5.92 Å². The van der Waals surface area contributed by atoms with Gasteiger partial charge in [0.15, 0.2) is 0 Å². The first kappa shape index (κ1) is 17.4. The lowest BCUT2D eigenvalue weighted by molar-refractivity contribution is 0.0848. The largest absolute Gasteiger partial charge is 0.405 e. The number of aliphatic hydroxyl groups is 1. The Bertz CT molecular complexity index is 605. The van der Waals surface area contributed by atoms with Crippen molar-refractivity contribution in [3.05, 3.63) is 60.7 Å². The molecule has 2 aromatic rings. The molecule has 1 saturated carbocycles. The van der Waals surface area contributed by atoms with Crippen LogP contribution < -0.4 is 10.4 Å². The van der Waals surface area contributed by atoms with Gasteiger partial charge in [-0.3, -0.25) is 0 Å². The molecule has 0 saturated heterocycles. The molecular formula is C21H28O2Si. The van der Waals surface area contributed by atoms with Crippen LogP contribution >= 0.6 is 0 Å². The molecule has 1 aliphatic carbocycles. The highest BCUT2D eigenvalue weighted by molar-refractivity contribution is 6.99. The topological polar surface area (TPSA) is 29.5 Å². The summed E-state index contributed by atoms with van der Waals surface area (Å²) in [6, 6.07) is 21.2. The van der Waals surface area contributed by atoms with E-state index >= 15 is 0 Å². The van der Waals surface area contributed by atoms with Crippen LogP contribution in [0.1, 0.15) is 33.6 Å². The lowest BCUT2D eigenvalue weighted by Gasteiger charge is -2.43. The van der Waals surface area contributed by atoms with E-state index in [1.165, 1.54) is 10.4 Å². The highest BCUT2D eigenvalue weighted by Crippen LogP contribution is 2.38. The standard InChI is InChI=1S/C21H28O2Si/c1-21(2,3)24(18-10-6-4-7-11-18,19-12-8-5-9-13-19)23-16-20(22)17-14-15-17/h4-13,17,20,22H,14-16H2,1-3H3. The maximum Gasteiger partial charge on any atom is 0.261 e. The molecule has 128 valence electrons. The number of hydrogen-bond donors (Lipinski definition) is 1. The summed E-state index contributed by atoms with van der Waals surface area (Å²) < 4.78 is 6.72. The highest BCUT2D eigenvalue weighted by atomic mass is 28.4. The Morgan fingerprint density at radius 3 is 1.79 bits per heavy atom. The average molecular weight is 341 g/mol. The Kier molecular flexibility index (Phi) is 4.95. The molecule has 1 fully saturated rings. The predicted molar refractivity (Wildman–Crippen MR) is 102 cm³/mol. The van der Waals surface area contributed by atoms with Gasteiger partial charge < -0.3 is 9.53 Å². The third kappa shape index (κ3) is 3.34. The SMILES string of the molecule is CC(C)(C)[Si](OCC(O)C1CC1)(c1ccccc1)c1ccccc1. The van der Waals surface area contributed by atoms with Crippen LogP contribution in [0.3, 0.4) is 0 Å². The molecule has 0 aromatic heterocycles. The zero-order chi connectivity index (χ0) is 17.2. The van der Waals surface area contributed by atoms with Crippen molar-refractivity contribution in [1.82, 2.24) is 0 Å². The van der Waals surface area contributed by atoms with Gasteiger partial charge in [-0.2, -0.15) is 0 Å². The summed E-state index contributed by atoms with van der Waals surface area (Å²) in [6.45, 7) is 7.23. The number of rotatable bonds is 6. The minimum absolute atomic E-state index is 0.0288. The van der Waals surface area contributed by atoms with E-state index in [9.17, 15) is 5.11 Å².